The zero-order valence-corrected chi connectivity index (χ0v) is 11.7. The highest BCUT2D eigenvalue weighted by Crippen LogP contribution is 2.31. The summed E-state index contributed by atoms with van der Waals surface area (Å²) in [5.74, 6) is 0.978. The van der Waals surface area contributed by atoms with Crippen molar-refractivity contribution in [3.05, 3.63) is 65.2 Å². The van der Waals surface area contributed by atoms with Gasteiger partial charge in [-0.15, -0.1) is 0 Å². The molecule has 1 atom stereocenters. The van der Waals surface area contributed by atoms with Crippen LogP contribution in [0.1, 0.15) is 35.6 Å². The number of rotatable bonds is 5. The van der Waals surface area contributed by atoms with Crippen LogP contribution >= 0.6 is 0 Å². The summed E-state index contributed by atoms with van der Waals surface area (Å²) in [5, 5.41) is 0. The van der Waals surface area contributed by atoms with Crippen molar-refractivity contribution in [3.8, 4) is 5.75 Å². The van der Waals surface area contributed by atoms with Gasteiger partial charge in [-0.3, -0.25) is 0 Å². The normalized spacial score (nSPS) is 16.9. The van der Waals surface area contributed by atoms with Gasteiger partial charge in [0.25, 0.3) is 0 Å². The molecule has 0 fully saturated rings. The minimum Gasteiger partial charge on any atom is -0.494 e. The first-order valence-corrected chi connectivity index (χ1v) is 7.38. The SMILES string of the molecule is N[C@@H]1CCc2cc(OCCCc3ccccc3)ccc21. The van der Waals surface area contributed by atoms with E-state index in [2.05, 4.69) is 42.5 Å². The van der Waals surface area contributed by atoms with Gasteiger partial charge in [0.15, 0.2) is 0 Å². The molecule has 2 aromatic rings. The third-order valence-electron chi connectivity index (χ3n) is 3.96. The summed E-state index contributed by atoms with van der Waals surface area (Å²) in [6, 6.07) is 17.1. The molecule has 0 amide bonds. The molecule has 0 aromatic heterocycles. The van der Waals surface area contributed by atoms with Gasteiger partial charge in [0, 0.05) is 6.04 Å². The Morgan fingerprint density at radius 2 is 1.95 bits per heavy atom. The Morgan fingerprint density at radius 1 is 1.10 bits per heavy atom. The molecule has 2 N–H and O–H groups in total. The van der Waals surface area contributed by atoms with Crippen molar-refractivity contribution in [2.45, 2.75) is 31.7 Å². The fourth-order valence-corrected chi connectivity index (χ4v) is 2.83. The van der Waals surface area contributed by atoms with Crippen LogP contribution in [0.4, 0.5) is 0 Å². The summed E-state index contributed by atoms with van der Waals surface area (Å²) in [7, 11) is 0. The molecule has 104 valence electrons. The van der Waals surface area contributed by atoms with Crippen LogP contribution < -0.4 is 10.5 Å². The van der Waals surface area contributed by atoms with Crippen LogP contribution in [0, 0.1) is 0 Å². The van der Waals surface area contributed by atoms with Crippen LogP contribution in [0.3, 0.4) is 0 Å². The number of aryl methyl sites for hydroxylation is 2. The highest BCUT2D eigenvalue weighted by atomic mass is 16.5. The second-order valence-electron chi connectivity index (χ2n) is 5.44. The summed E-state index contributed by atoms with van der Waals surface area (Å²) in [5.41, 5.74) is 10.1. The molecule has 0 unspecified atom stereocenters. The third-order valence-corrected chi connectivity index (χ3v) is 3.96. The van der Waals surface area contributed by atoms with Crippen LogP contribution in [0.5, 0.6) is 5.75 Å². The fourth-order valence-electron chi connectivity index (χ4n) is 2.83. The van der Waals surface area contributed by atoms with Crippen molar-refractivity contribution in [2.24, 2.45) is 5.73 Å². The predicted octanol–water partition coefficient (Wildman–Crippen LogP) is 3.64. The lowest BCUT2D eigenvalue weighted by atomic mass is 10.1. The van der Waals surface area contributed by atoms with Crippen molar-refractivity contribution in [1.82, 2.24) is 0 Å². The van der Waals surface area contributed by atoms with Crippen molar-refractivity contribution < 1.29 is 4.74 Å². The largest absolute Gasteiger partial charge is 0.494 e. The van der Waals surface area contributed by atoms with Crippen LogP contribution in [0.15, 0.2) is 48.5 Å². The molecule has 1 aliphatic carbocycles. The van der Waals surface area contributed by atoms with Gasteiger partial charge in [0.1, 0.15) is 5.75 Å². The zero-order valence-electron chi connectivity index (χ0n) is 11.7. The number of benzene rings is 2. The van der Waals surface area contributed by atoms with E-state index in [-0.39, 0.29) is 6.04 Å². The van der Waals surface area contributed by atoms with Gasteiger partial charge in [-0.2, -0.15) is 0 Å². The Kier molecular flexibility index (Phi) is 4.03. The van der Waals surface area contributed by atoms with Gasteiger partial charge in [0.2, 0.25) is 0 Å². The molecular formula is C18H21NO. The molecule has 20 heavy (non-hydrogen) atoms. The Labute approximate surface area is 120 Å². The van der Waals surface area contributed by atoms with E-state index in [0.717, 1.165) is 38.0 Å². The molecular weight excluding hydrogens is 246 g/mol. The first-order valence-electron chi connectivity index (χ1n) is 7.38. The molecule has 2 heteroatoms. The Bertz CT molecular complexity index is 565. The molecule has 2 nitrogen and oxygen atoms in total. The van der Waals surface area contributed by atoms with Gasteiger partial charge >= 0.3 is 0 Å². The predicted molar refractivity (Wildman–Crippen MR) is 81.9 cm³/mol. The van der Waals surface area contributed by atoms with E-state index in [4.69, 9.17) is 10.5 Å². The maximum atomic E-state index is 6.04. The quantitative estimate of drug-likeness (QED) is 0.839. The van der Waals surface area contributed by atoms with Crippen molar-refractivity contribution in [2.75, 3.05) is 6.61 Å². The summed E-state index contributed by atoms with van der Waals surface area (Å²) in [4.78, 5) is 0. The summed E-state index contributed by atoms with van der Waals surface area (Å²) in [6.07, 6.45) is 4.25. The van der Waals surface area contributed by atoms with Gasteiger partial charge < -0.3 is 10.5 Å². The molecule has 0 bridgehead atoms. The molecule has 0 saturated heterocycles. The van der Waals surface area contributed by atoms with Crippen LogP contribution in [0.25, 0.3) is 0 Å². The maximum absolute atomic E-state index is 6.04. The van der Waals surface area contributed by atoms with Crippen molar-refractivity contribution in [1.29, 1.82) is 0 Å². The number of fused-ring (bicyclic) bond motifs is 1. The topological polar surface area (TPSA) is 35.2 Å². The van der Waals surface area contributed by atoms with Crippen LogP contribution in [-0.2, 0) is 12.8 Å². The first-order chi connectivity index (χ1) is 9.83. The smallest absolute Gasteiger partial charge is 0.119 e. The maximum Gasteiger partial charge on any atom is 0.119 e. The zero-order chi connectivity index (χ0) is 13.8. The molecule has 0 aliphatic heterocycles. The fraction of sp³-hybridized carbons (Fsp3) is 0.333. The van der Waals surface area contributed by atoms with E-state index in [1.54, 1.807) is 0 Å². The van der Waals surface area contributed by atoms with Gasteiger partial charge in [-0.25, -0.2) is 0 Å². The highest BCUT2D eigenvalue weighted by Gasteiger charge is 2.18. The summed E-state index contributed by atoms with van der Waals surface area (Å²) < 4.78 is 5.85. The Morgan fingerprint density at radius 3 is 2.80 bits per heavy atom. The lowest BCUT2D eigenvalue weighted by Crippen LogP contribution is -2.05. The van der Waals surface area contributed by atoms with E-state index in [1.165, 1.54) is 16.7 Å². The molecule has 0 spiro atoms. The monoisotopic (exact) mass is 267 g/mol. The molecule has 1 aliphatic rings. The number of hydrogen-bond acceptors (Lipinski definition) is 2. The van der Waals surface area contributed by atoms with Gasteiger partial charge in [0.05, 0.1) is 6.61 Å². The number of hydrogen-bond donors (Lipinski definition) is 1. The first kappa shape index (κ1) is 13.2. The van der Waals surface area contributed by atoms with Gasteiger partial charge in [-0.05, 0) is 54.5 Å². The van der Waals surface area contributed by atoms with Gasteiger partial charge in [-0.1, -0.05) is 36.4 Å². The molecule has 0 radical (unpaired) electrons. The van der Waals surface area contributed by atoms with Crippen LogP contribution in [0.2, 0.25) is 0 Å². The lowest BCUT2D eigenvalue weighted by molar-refractivity contribution is 0.311. The molecule has 0 heterocycles. The van der Waals surface area contributed by atoms with Crippen molar-refractivity contribution in [3.63, 3.8) is 0 Å². The Balaban J connectivity index is 1.50. The average Bonchev–Trinajstić information content (AvgIpc) is 2.86. The van der Waals surface area contributed by atoms with Crippen molar-refractivity contribution >= 4 is 0 Å². The number of nitrogens with two attached hydrogens (primary N) is 1. The lowest BCUT2D eigenvalue weighted by Gasteiger charge is -2.09. The molecule has 2 aromatic carbocycles. The average molecular weight is 267 g/mol. The van der Waals surface area contributed by atoms with E-state index in [9.17, 15) is 0 Å². The standard InChI is InChI=1S/C18H21NO/c19-18-11-8-15-13-16(9-10-17(15)18)20-12-4-7-14-5-2-1-3-6-14/h1-3,5-6,9-10,13,18H,4,7-8,11-12,19H2/t18-/m1/s1. The summed E-state index contributed by atoms with van der Waals surface area (Å²) in [6.45, 7) is 0.764. The van der Waals surface area contributed by atoms with E-state index >= 15 is 0 Å². The van der Waals surface area contributed by atoms with Crippen LogP contribution in [-0.4, -0.2) is 6.61 Å². The van der Waals surface area contributed by atoms with E-state index in [1.807, 2.05) is 6.07 Å². The third kappa shape index (κ3) is 3.02. The second-order valence-corrected chi connectivity index (χ2v) is 5.44. The minimum absolute atomic E-state index is 0.220. The van der Waals surface area contributed by atoms with E-state index < -0.39 is 0 Å². The summed E-state index contributed by atoms with van der Waals surface area (Å²) >= 11 is 0. The highest BCUT2D eigenvalue weighted by molar-refractivity contribution is 5.40. The molecule has 3 rings (SSSR count). The molecule has 0 saturated carbocycles. The number of ether oxygens (including phenoxy) is 1. The Hall–Kier alpha value is -1.80. The second kappa shape index (κ2) is 6.10. The van der Waals surface area contributed by atoms with E-state index in [0.29, 0.717) is 0 Å². The minimum atomic E-state index is 0.220.